The van der Waals surface area contributed by atoms with Crippen molar-refractivity contribution in [3.8, 4) is 0 Å². The molecule has 0 aromatic heterocycles. The molecule has 0 amide bonds. The molecule has 6 heteroatoms. The molecule has 0 aliphatic carbocycles. The van der Waals surface area contributed by atoms with E-state index in [1.807, 2.05) is 0 Å². The van der Waals surface area contributed by atoms with E-state index in [9.17, 15) is 14.4 Å². The zero-order valence-electron chi connectivity index (χ0n) is 42.0. The summed E-state index contributed by atoms with van der Waals surface area (Å²) in [5.41, 5.74) is 0. The third-order valence-corrected chi connectivity index (χ3v) is 11.4. The molecule has 0 bridgehead atoms. The van der Waals surface area contributed by atoms with E-state index in [0.29, 0.717) is 19.3 Å². The maximum atomic E-state index is 12.8. The average Bonchev–Trinajstić information content (AvgIpc) is 3.29. The third kappa shape index (κ3) is 49.9. The summed E-state index contributed by atoms with van der Waals surface area (Å²) in [6.45, 7) is 6.48. The lowest BCUT2D eigenvalue weighted by atomic mass is 10.0. The molecule has 0 heterocycles. The molecule has 0 unspecified atom stereocenters. The van der Waals surface area contributed by atoms with Crippen molar-refractivity contribution in [3.05, 3.63) is 72.9 Å². The smallest absolute Gasteiger partial charge is 0.306 e. The minimum Gasteiger partial charge on any atom is -0.462 e. The Balaban J connectivity index is 4.40. The van der Waals surface area contributed by atoms with E-state index in [0.717, 1.165) is 109 Å². The van der Waals surface area contributed by atoms with Gasteiger partial charge in [-0.1, -0.05) is 222 Å². The van der Waals surface area contributed by atoms with Crippen molar-refractivity contribution < 1.29 is 28.6 Å². The first kappa shape index (κ1) is 60.9. The second-order valence-corrected chi connectivity index (χ2v) is 17.8. The molecule has 0 aliphatic heterocycles. The van der Waals surface area contributed by atoms with Crippen molar-refractivity contribution in [1.29, 1.82) is 0 Å². The van der Waals surface area contributed by atoms with Crippen molar-refractivity contribution in [2.24, 2.45) is 0 Å². The first-order valence-electron chi connectivity index (χ1n) is 26.9. The van der Waals surface area contributed by atoms with Crippen LogP contribution in [0.3, 0.4) is 0 Å². The molecule has 0 radical (unpaired) electrons. The van der Waals surface area contributed by atoms with Crippen molar-refractivity contribution in [1.82, 2.24) is 0 Å². The second-order valence-electron chi connectivity index (χ2n) is 17.8. The Morgan fingerprint density at radius 2 is 0.609 bits per heavy atom. The van der Waals surface area contributed by atoms with Crippen LogP contribution in [0.15, 0.2) is 72.9 Å². The number of allylic oxidation sites excluding steroid dienone is 12. The highest BCUT2D eigenvalue weighted by molar-refractivity contribution is 5.71. The van der Waals surface area contributed by atoms with Crippen LogP contribution in [0.2, 0.25) is 0 Å². The third-order valence-electron chi connectivity index (χ3n) is 11.4. The van der Waals surface area contributed by atoms with Crippen molar-refractivity contribution in [2.45, 2.75) is 264 Å². The molecule has 1 atom stereocenters. The molecule has 0 N–H and O–H groups in total. The van der Waals surface area contributed by atoms with Gasteiger partial charge in [0.25, 0.3) is 0 Å². The number of rotatable bonds is 48. The molecule has 0 saturated heterocycles. The molecule has 0 rings (SSSR count). The number of ether oxygens (including phenoxy) is 3. The molecule has 0 saturated carbocycles. The van der Waals surface area contributed by atoms with Gasteiger partial charge in [0.15, 0.2) is 6.10 Å². The van der Waals surface area contributed by atoms with Gasteiger partial charge in [0, 0.05) is 19.3 Å². The summed E-state index contributed by atoms with van der Waals surface area (Å²) in [5, 5.41) is 0. The first-order chi connectivity index (χ1) is 31.5. The van der Waals surface area contributed by atoms with E-state index >= 15 is 0 Å². The second kappa shape index (κ2) is 52.5. The Hall–Kier alpha value is -3.15. The molecule has 0 spiro atoms. The van der Waals surface area contributed by atoms with Crippen LogP contribution in [-0.4, -0.2) is 37.2 Å². The summed E-state index contributed by atoms with van der Waals surface area (Å²) in [5.74, 6) is -0.912. The van der Waals surface area contributed by atoms with Crippen LogP contribution in [0.5, 0.6) is 0 Å². The van der Waals surface area contributed by atoms with E-state index in [-0.39, 0.29) is 31.1 Å². The molecule has 6 nitrogen and oxygen atoms in total. The maximum Gasteiger partial charge on any atom is 0.306 e. The summed E-state index contributed by atoms with van der Waals surface area (Å²) in [6, 6.07) is 0. The van der Waals surface area contributed by atoms with Crippen LogP contribution >= 0.6 is 0 Å². The van der Waals surface area contributed by atoms with Gasteiger partial charge in [-0.3, -0.25) is 14.4 Å². The lowest BCUT2D eigenvalue weighted by Crippen LogP contribution is -2.30. The quantitative estimate of drug-likeness (QED) is 0.0262. The molecule has 0 aliphatic rings. The standard InChI is InChI=1S/C58H100O6/c1-4-7-10-13-16-19-22-25-27-29-31-33-36-38-41-44-47-50-56(59)62-53-55(64-58(61)52-49-46-43-40-35-24-21-18-15-12-9-6-3)54-63-57(60)51-48-45-42-39-37-34-32-30-28-26-23-20-17-14-11-8-5-2/h7,10,16-17,19-20,25-28,31,33,55H,4-6,8-9,11-15,18,21-24,29-30,32,34-54H2,1-3H3/b10-7-,19-16-,20-17-,27-25-,28-26-,33-31-/t55-/m1/s1. The Morgan fingerprint density at radius 3 is 0.984 bits per heavy atom. The fraction of sp³-hybridized carbons (Fsp3) is 0.741. The number of hydrogen-bond donors (Lipinski definition) is 0. The molecule has 0 aromatic rings. The largest absolute Gasteiger partial charge is 0.462 e. The summed E-state index contributed by atoms with van der Waals surface area (Å²) in [6.07, 6.45) is 65.9. The SMILES string of the molecule is CC/C=C\C/C=C\C/C=C\C/C=C\CCCCCCC(=O)OC[C@H](COC(=O)CCCCCCCCC/C=C\C/C=C\CCCCC)OC(=O)CCCCCCCCCCCCCC. The van der Waals surface area contributed by atoms with E-state index in [1.165, 1.54) is 109 Å². The lowest BCUT2D eigenvalue weighted by Gasteiger charge is -2.18. The van der Waals surface area contributed by atoms with Gasteiger partial charge in [0.2, 0.25) is 0 Å². The fourth-order valence-corrected chi connectivity index (χ4v) is 7.40. The van der Waals surface area contributed by atoms with Gasteiger partial charge >= 0.3 is 17.9 Å². The minimum atomic E-state index is -0.786. The van der Waals surface area contributed by atoms with E-state index in [1.54, 1.807) is 0 Å². The zero-order chi connectivity index (χ0) is 46.5. The minimum absolute atomic E-state index is 0.0860. The van der Waals surface area contributed by atoms with Gasteiger partial charge in [0.05, 0.1) is 0 Å². The van der Waals surface area contributed by atoms with Crippen LogP contribution in [0, 0.1) is 0 Å². The Bertz CT molecular complexity index is 1210. The molecular formula is C58H100O6. The Kier molecular flexibility index (Phi) is 49.9. The summed E-state index contributed by atoms with van der Waals surface area (Å²) in [7, 11) is 0. The highest BCUT2D eigenvalue weighted by Gasteiger charge is 2.19. The van der Waals surface area contributed by atoms with Gasteiger partial charge in [-0.25, -0.2) is 0 Å². The van der Waals surface area contributed by atoms with E-state index in [4.69, 9.17) is 14.2 Å². The lowest BCUT2D eigenvalue weighted by molar-refractivity contribution is -0.167. The normalized spacial score (nSPS) is 12.6. The highest BCUT2D eigenvalue weighted by atomic mass is 16.6. The van der Waals surface area contributed by atoms with Crippen LogP contribution in [-0.2, 0) is 28.6 Å². The predicted molar refractivity (Wildman–Crippen MR) is 274 cm³/mol. The molecule has 0 aromatic carbocycles. The molecule has 0 fully saturated rings. The van der Waals surface area contributed by atoms with Crippen LogP contribution in [0.4, 0.5) is 0 Å². The summed E-state index contributed by atoms with van der Waals surface area (Å²) < 4.78 is 16.8. The monoisotopic (exact) mass is 893 g/mol. The van der Waals surface area contributed by atoms with Crippen LogP contribution in [0.25, 0.3) is 0 Å². The summed E-state index contributed by atoms with van der Waals surface area (Å²) in [4.78, 5) is 38.0. The summed E-state index contributed by atoms with van der Waals surface area (Å²) >= 11 is 0. The Morgan fingerprint density at radius 1 is 0.328 bits per heavy atom. The van der Waals surface area contributed by atoms with Crippen molar-refractivity contribution in [3.63, 3.8) is 0 Å². The highest BCUT2D eigenvalue weighted by Crippen LogP contribution is 2.15. The maximum absolute atomic E-state index is 12.8. The number of esters is 3. The number of unbranched alkanes of at least 4 members (excludes halogenated alkanes) is 25. The van der Waals surface area contributed by atoms with Gasteiger partial charge in [-0.15, -0.1) is 0 Å². The number of carbonyl (C=O) groups excluding carboxylic acids is 3. The fourth-order valence-electron chi connectivity index (χ4n) is 7.40. The molecule has 64 heavy (non-hydrogen) atoms. The molecule has 368 valence electrons. The Labute approximate surface area is 395 Å². The number of carbonyl (C=O) groups is 3. The van der Waals surface area contributed by atoms with Crippen LogP contribution in [0.1, 0.15) is 258 Å². The topological polar surface area (TPSA) is 78.9 Å². The van der Waals surface area contributed by atoms with Crippen LogP contribution < -0.4 is 0 Å². The van der Waals surface area contributed by atoms with E-state index < -0.39 is 6.10 Å². The average molecular weight is 893 g/mol. The van der Waals surface area contributed by atoms with Crippen molar-refractivity contribution >= 4 is 17.9 Å². The van der Waals surface area contributed by atoms with Gasteiger partial charge < -0.3 is 14.2 Å². The molecular weight excluding hydrogens is 793 g/mol. The first-order valence-corrected chi connectivity index (χ1v) is 26.9. The van der Waals surface area contributed by atoms with Gasteiger partial charge in [0.1, 0.15) is 13.2 Å². The van der Waals surface area contributed by atoms with E-state index in [2.05, 4.69) is 93.7 Å². The predicted octanol–water partition coefficient (Wildman–Crippen LogP) is 17.8. The zero-order valence-corrected chi connectivity index (χ0v) is 42.0. The van der Waals surface area contributed by atoms with Gasteiger partial charge in [-0.2, -0.15) is 0 Å². The van der Waals surface area contributed by atoms with Gasteiger partial charge in [-0.05, 0) is 89.9 Å². The van der Waals surface area contributed by atoms with Crippen molar-refractivity contribution in [2.75, 3.05) is 13.2 Å². The number of hydrogen-bond acceptors (Lipinski definition) is 6.